The van der Waals surface area contributed by atoms with Crippen LogP contribution in [0.1, 0.15) is 37.0 Å². The van der Waals surface area contributed by atoms with Crippen molar-refractivity contribution in [2.45, 2.75) is 31.2 Å². The number of nitrogens with one attached hydrogen (secondary N) is 1. The van der Waals surface area contributed by atoms with Crippen molar-refractivity contribution in [3.63, 3.8) is 0 Å². The molecular weight excluding hydrogens is 290 g/mol. The second kappa shape index (κ2) is 5.48. The van der Waals surface area contributed by atoms with E-state index in [0.29, 0.717) is 36.1 Å². The van der Waals surface area contributed by atoms with E-state index in [1.807, 2.05) is 25.1 Å². The summed E-state index contributed by atoms with van der Waals surface area (Å²) in [4.78, 5) is 28.8. The molecule has 0 spiro atoms. The van der Waals surface area contributed by atoms with Crippen molar-refractivity contribution in [1.29, 1.82) is 0 Å². The Hall–Kier alpha value is -1.88. The predicted octanol–water partition coefficient (Wildman–Crippen LogP) is 2.15. The van der Waals surface area contributed by atoms with Crippen LogP contribution in [-0.2, 0) is 4.79 Å². The van der Waals surface area contributed by atoms with Gasteiger partial charge >= 0.3 is 0 Å². The van der Waals surface area contributed by atoms with Crippen LogP contribution in [0.15, 0.2) is 29.1 Å². The highest BCUT2D eigenvalue weighted by atomic mass is 35.5. The Balaban J connectivity index is 2.26. The molecule has 2 unspecified atom stereocenters. The third-order valence-electron chi connectivity index (χ3n) is 3.79. The smallest absolute Gasteiger partial charge is 0.261 e. The Morgan fingerprint density at radius 3 is 2.86 bits per heavy atom. The first-order valence-corrected chi connectivity index (χ1v) is 7.47. The molecule has 2 aromatic rings. The molecule has 0 aliphatic carbocycles. The Labute approximate surface area is 126 Å². The molecule has 1 fully saturated rings. The lowest BCUT2D eigenvalue weighted by atomic mass is 10.1. The minimum absolute atomic E-state index is 0.0476. The van der Waals surface area contributed by atoms with Crippen LogP contribution in [0, 0.1) is 0 Å². The predicted molar refractivity (Wildman–Crippen MR) is 81.6 cm³/mol. The standard InChI is InChI=1S/C15H16ClN3O2/c1-2-11(16)14-18-12-6-4-3-5-10(12)15(21)19(14)9-7-13(20)17-8-9/h3-6,9,11H,2,7-8H2,1H3,(H,17,20). The first kappa shape index (κ1) is 14.1. The molecule has 2 atom stereocenters. The molecule has 0 bridgehead atoms. The molecule has 1 aliphatic rings. The number of alkyl halides is 1. The molecule has 1 saturated heterocycles. The van der Waals surface area contributed by atoms with Crippen molar-refractivity contribution >= 4 is 28.4 Å². The number of carbonyl (C=O) groups is 1. The van der Waals surface area contributed by atoms with Crippen molar-refractivity contribution in [1.82, 2.24) is 14.9 Å². The second-order valence-electron chi connectivity index (χ2n) is 5.20. The van der Waals surface area contributed by atoms with E-state index in [9.17, 15) is 9.59 Å². The van der Waals surface area contributed by atoms with Gasteiger partial charge in [-0.15, -0.1) is 11.6 Å². The number of rotatable bonds is 3. The zero-order chi connectivity index (χ0) is 15.0. The maximum atomic E-state index is 12.8. The van der Waals surface area contributed by atoms with Crippen LogP contribution in [0.2, 0.25) is 0 Å². The van der Waals surface area contributed by atoms with Crippen LogP contribution >= 0.6 is 11.6 Å². The molecule has 1 amide bonds. The Morgan fingerprint density at radius 2 is 2.19 bits per heavy atom. The van der Waals surface area contributed by atoms with Crippen molar-refractivity contribution in [2.24, 2.45) is 0 Å². The van der Waals surface area contributed by atoms with Crippen LogP contribution in [-0.4, -0.2) is 22.0 Å². The molecule has 1 aromatic carbocycles. The molecular formula is C15H16ClN3O2. The summed E-state index contributed by atoms with van der Waals surface area (Å²) in [5.74, 6) is 0.498. The summed E-state index contributed by atoms with van der Waals surface area (Å²) >= 11 is 6.36. The SMILES string of the molecule is CCC(Cl)c1nc2ccccc2c(=O)n1C1CNC(=O)C1. The van der Waals surface area contributed by atoms with Gasteiger partial charge in [0.2, 0.25) is 5.91 Å². The Kier molecular flexibility index (Phi) is 3.68. The number of aromatic nitrogens is 2. The van der Waals surface area contributed by atoms with E-state index in [-0.39, 0.29) is 22.9 Å². The van der Waals surface area contributed by atoms with Gasteiger partial charge in [0.25, 0.3) is 5.56 Å². The summed E-state index contributed by atoms with van der Waals surface area (Å²) < 4.78 is 1.60. The van der Waals surface area contributed by atoms with E-state index >= 15 is 0 Å². The van der Waals surface area contributed by atoms with Gasteiger partial charge in [-0.1, -0.05) is 19.1 Å². The van der Waals surface area contributed by atoms with E-state index in [2.05, 4.69) is 10.3 Å². The Morgan fingerprint density at radius 1 is 1.43 bits per heavy atom. The highest BCUT2D eigenvalue weighted by molar-refractivity contribution is 6.20. The quantitative estimate of drug-likeness (QED) is 0.884. The molecule has 0 saturated carbocycles. The van der Waals surface area contributed by atoms with Gasteiger partial charge in [0.1, 0.15) is 5.82 Å². The summed E-state index contributed by atoms with van der Waals surface area (Å²) in [5.41, 5.74) is 0.515. The van der Waals surface area contributed by atoms with E-state index < -0.39 is 0 Å². The third-order valence-corrected chi connectivity index (χ3v) is 4.30. The van der Waals surface area contributed by atoms with Gasteiger partial charge in [-0.3, -0.25) is 14.2 Å². The number of hydrogen-bond donors (Lipinski definition) is 1. The number of halogens is 1. The zero-order valence-corrected chi connectivity index (χ0v) is 12.4. The van der Waals surface area contributed by atoms with Crippen molar-refractivity contribution in [3.8, 4) is 0 Å². The summed E-state index contributed by atoms with van der Waals surface area (Å²) in [5, 5.41) is 2.97. The van der Waals surface area contributed by atoms with E-state index in [4.69, 9.17) is 11.6 Å². The minimum Gasteiger partial charge on any atom is -0.354 e. The molecule has 2 heterocycles. The minimum atomic E-state index is -0.349. The lowest BCUT2D eigenvalue weighted by molar-refractivity contribution is -0.119. The fourth-order valence-corrected chi connectivity index (χ4v) is 2.85. The third kappa shape index (κ3) is 2.42. The topological polar surface area (TPSA) is 64.0 Å². The lowest BCUT2D eigenvalue weighted by Gasteiger charge is -2.20. The first-order chi connectivity index (χ1) is 10.1. The molecule has 21 heavy (non-hydrogen) atoms. The molecule has 1 aromatic heterocycles. The van der Waals surface area contributed by atoms with Crippen LogP contribution in [0.25, 0.3) is 10.9 Å². The molecule has 3 rings (SSSR count). The number of para-hydroxylation sites is 1. The highest BCUT2D eigenvalue weighted by Gasteiger charge is 2.28. The van der Waals surface area contributed by atoms with Crippen molar-refractivity contribution in [2.75, 3.05) is 6.54 Å². The molecule has 5 nitrogen and oxygen atoms in total. The molecule has 1 aliphatic heterocycles. The van der Waals surface area contributed by atoms with Crippen LogP contribution in [0.5, 0.6) is 0 Å². The Bertz CT molecular complexity index is 756. The van der Waals surface area contributed by atoms with E-state index in [0.717, 1.165) is 0 Å². The second-order valence-corrected chi connectivity index (χ2v) is 5.73. The average Bonchev–Trinajstić information content (AvgIpc) is 2.92. The largest absolute Gasteiger partial charge is 0.354 e. The van der Waals surface area contributed by atoms with Gasteiger partial charge in [-0.05, 0) is 18.6 Å². The van der Waals surface area contributed by atoms with E-state index in [1.54, 1.807) is 10.6 Å². The van der Waals surface area contributed by atoms with Crippen LogP contribution in [0.4, 0.5) is 0 Å². The summed E-state index contributed by atoms with van der Waals surface area (Å²) in [6.07, 6.45) is 0.959. The van der Waals surface area contributed by atoms with Crippen LogP contribution < -0.4 is 10.9 Å². The summed E-state index contributed by atoms with van der Waals surface area (Å²) in [7, 11) is 0. The molecule has 6 heteroatoms. The highest BCUT2D eigenvalue weighted by Crippen LogP contribution is 2.27. The first-order valence-electron chi connectivity index (χ1n) is 7.03. The van der Waals surface area contributed by atoms with Gasteiger partial charge in [-0.2, -0.15) is 0 Å². The fraction of sp³-hybridized carbons (Fsp3) is 0.400. The maximum absolute atomic E-state index is 12.8. The van der Waals surface area contributed by atoms with Gasteiger partial charge < -0.3 is 5.32 Å². The van der Waals surface area contributed by atoms with E-state index in [1.165, 1.54) is 0 Å². The van der Waals surface area contributed by atoms with Gasteiger partial charge in [0.05, 0.1) is 22.3 Å². The van der Waals surface area contributed by atoms with Gasteiger partial charge in [-0.25, -0.2) is 4.98 Å². The maximum Gasteiger partial charge on any atom is 0.261 e. The molecule has 1 N–H and O–H groups in total. The van der Waals surface area contributed by atoms with Crippen LogP contribution in [0.3, 0.4) is 0 Å². The summed E-state index contributed by atoms with van der Waals surface area (Å²) in [6.45, 7) is 2.39. The number of fused-ring (bicyclic) bond motifs is 1. The molecule has 0 radical (unpaired) electrons. The number of hydrogen-bond acceptors (Lipinski definition) is 3. The van der Waals surface area contributed by atoms with Crippen molar-refractivity contribution < 1.29 is 4.79 Å². The monoisotopic (exact) mass is 305 g/mol. The number of nitrogens with zero attached hydrogens (tertiary/aromatic N) is 2. The number of amides is 1. The normalized spacial score (nSPS) is 19.7. The number of benzene rings is 1. The average molecular weight is 306 g/mol. The van der Waals surface area contributed by atoms with Gasteiger partial charge in [0.15, 0.2) is 0 Å². The molecule has 110 valence electrons. The fourth-order valence-electron chi connectivity index (χ4n) is 2.69. The lowest BCUT2D eigenvalue weighted by Crippen LogP contribution is -2.31. The van der Waals surface area contributed by atoms with Gasteiger partial charge in [0, 0.05) is 13.0 Å². The zero-order valence-electron chi connectivity index (χ0n) is 11.7. The number of carbonyl (C=O) groups excluding carboxylic acids is 1. The van der Waals surface area contributed by atoms with Crippen molar-refractivity contribution in [3.05, 3.63) is 40.4 Å². The summed E-state index contributed by atoms with van der Waals surface area (Å²) in [6, 6.07) is 7.00.